The van der Waals surface area contributed by atoms with E-state index in [1.165, 1.54) is 12.1 Å². The molecule has 8 heteroatoms. The molecule has 0 bridgehead atoms. The molecule has 194 valence electrons. The summed E-state index contributed by atoms with van der Waals surface area (Å²) in [6.45, 7) is 2.56. The van der Waals surface area contributed by atoms with E-state index in [-0.39, 0.29) is 29.9 Å². The molecule has 38 heavy (non-hydrogen) atoms. The summed E-state index contributed by atoms with van der Waals surface area (Å²) in [5.74, 6) is -0.563. The molecule has 3 aliphatic heterocycles. The van der Waals surface area contributed by atoms with Gasteiger partial charge in [-0.1, -0.05) is 36.4 Å². The third-order valence-electron chi connectivity index (χ3n) is 7.14. The first-order chi connectivity index (χ1) is 18.5. The van der Waals surface area contributed by atoms with Gasteiger partial charge in [0, 0.05) is 31.5 Å². The van der Waals surface area contributed by atoms with Gasteiger partial charge < -0.3 is 19.1 Å². The van der Waals surface area contributed by atoms with Gasteiger partial charge in [-0.05, 0) is 53.6 Å². The lowest BCUT2D eigenvalue weighted by Gasteiger charge is -2.37. The standard InChI is InChI=1S/C30H27FN2O5/c31-24-5-3-4-22(18-24)20-33-25-6-1-2-7-26(25)38-27(29(33)35)19-21-8-10-23(11-9-21)28(34)32-14-12-30(13-15-32)36-16-17-37-30/h1-11,18-19H,12-17,20H2/b27-19-. The van der Waals surface area contributed by atoms with Crippen molar-refractivity contribution in [1.82, 2.24) is 4.90 Å². The number of ether oxygens (including phenoxy) is 3. The Kier molecular flexibility index (Phi) is 6.43. The van der Waals surface area contributed by atoms with Crippen LogP contribution in [0.2, 0.25) is 0 Å². The summed E-state index contributed by atoms with van der Waals surface area (Å²) in [5.41, 5.74) is 2.59. The highest BCUT2D eigenvalue weighted by Crippen LogP contribution is 2.37. The van der Waals surface area contributed by atoms with Crippen molar-refractivity contribution in [2.75, 3.05) is 31.2 Å². The van der Waals surface area contributed by atoms with Crippen LogP contribution in [0.25, 0.3) is 6.08 Å². The van der Waals surface area contributed by atoms with E-state index in [1.54, 1.807) is 59.5 Å². The van der Waals surface area contributed by atoms with E-state index < -0.39 is 5.79 Å². The summed E-state index contributed by atoms with van der Waals surface area (Å²) < 4.78 is 31.2. The molecule has 0 aromatic heterocycles. The lowest BCUT2D eigenvalue weighted by atomic mass is 10.0. The lowest BCUT2D eigenvalue weighted by molar-refractivity contribution is -0.181. The van der Waals surface area contributed by atoms with Gasteiger partial charge in [0.15, 0.2) is 17.3 Å². The van der Waals surface area contributed by atoms with Crippen LogP contribution in [0.4, 0.5) is 10.1 Å². The number of fused-ring (bicyclic) bond motifs is 1. The number of halogens is 1. The van der Waals surface area contributed by atoms with Crippen molar-refractivity contribution in [2.24, 2.45) is 0 Å². The van der Waals surface area contributed by atoms with E-state index >= 15 is 0 Å². The monoisotopic (exact) mass is 514 g/mol. The molecule has 0 atom stereocenters. The molecule has 3 aromatic carbocycles. The molecule has 2 fully saturated rings. The van der Waals surface area contributed by atoms with Crippen molar-refractivity contribution in [3.8, 4) is 5.75 Å². The lowest BCUT2D eigenvalue weighted by Crippen LogP contribution is -2.47. The normalized spacial score (nSPS) is 19.5. The molecule has 3 aliphatic rings. The number of rotatable bonds is 4. The van der Waals surface area contributed by atoms with Gasteiger partial charge >= 0.3 is 0 Å². The molecule has 2 saturated heterocycles. The topological polar surface area (TPSA) is 68.3 Å². The maximum absolute atomic E-state index is 13.8. The minimum absolute atomic E-state index is 0.0442. The minimum Gasteiger partial charge on any atom is -0.449 e. The predicted molar refractivity (Wildman–Crippen MR) is 139 cm³/mol. The van der Waals surface area contributed by atoms with Crippen molar-refractivity contribution >= 4 is 23.6 Å². The van der Waals surface area contributed by atoms with E-state index in [0.717, 1.165) is 5.56 Å². The van der Waals surface area contributed by atoms with Crippen molar-refractivity contribution in [2.45, 2.75) is 25.2 Å². The first kappa shape index (κ1) is 24.3. The molecule has 1 spiro atoms. The first-order valence-electron chi connectivity index (χ1n) is 12.7. The number of carbonyl (C=O) groups excluding carboxylic acids is 2. The average Bonchev–Trinajstić information content (AvgIpc) is 3.39. The number of anilines is 1. The van der Waals surface area contributed by atoms with Crippen LogP contribution in [0.5, 0.6) is 5.75 Å². The highest BCUT2D eigenvalue weighted by atomic mass is 19.1. The zero-order chi connectivity index (χ0) is 26.1. The highest BCUT2D eigenvalue weighted by Gasteiger charge is 2.40. The zero-order valence-corrected chi connectivity index (χ0v) is 20.8. The number of benzene rings is 3. The molecule has 3 heterocycles. The van der Waals surface area contributed by atoms with Crippen LogP contribution in [0.15, 0.2) is 78.6 Å². The Morgan fingerprint density at radius 1 is 0.947 bits per heavy atom. The summed E-state index contributed by atoms with van der Waals surface area (Å²) >= 11 is 0. The van der Waals surface area contributed by atoms with Gasteiger partial charge in [-0.25, -0.2) is 4.39 Å². The fourth-order valence-electron chi connectivity index (χ4n) is 5.13. The number of carbonyl (C=O) groups is 2. The van der Waals surface area contributed by atoms with E-state index in [0.29, 0.717) is 61.7 Å². The summed E-state index contributed by atoms with van der Waals surface area (Å²) in [5, 5.41) is 0. The van der Waals surface area contributed by atoms with Crippen LogP contribution in [0.3, 0.4) is 0 Å². The number of hydrogen-bond donors (Lipinski definition) is 0. The first-order valence-corrected chi connectivity index (χ1v) is 12.7. The van der Waals surface area contributed by atoms with Crippen LogP contribution in [-0.2, 0) is 20.8 Å². The molecular weight excluding hydrogens is 487 g/mol. The molecule has 0 saturated carbocycles. The smallest absolute Gasteiger partial charge is 0.294 e. The zero-order valence-electron chi connectivity index (χ0n) is 20.8. The molecule has 0 radical (unpaired) electrons. The second-order valence-corrected chi connectivity index (χ2v) is 9.62. The van der Waals surface area contributed by atoms with Gasteiger partial charge in [-0.2, -0.15) is 0 Å². The Hall–Kier alpha value is -4.01. The maximum Gasteiger partial charge on any atom is 0.294 e. The van der Waals surface area contributed by atoms with E-state index in [9.17, 15) is 14.0 Å². The Morgan fingerprint density at radius 2 is 1.68 bits per heavy atom. The van der Waals surface area contributed by atoms with Gasteiger partial charge in [0.2, 0.25) is 0 Å². The molecule has 7 nitrogen and oxygen atoms in total. The van der Waals surface area contributed by atoms with Gasteiger partial charge in [0.25, 0.3) is 11.8 Å². The Balaban J connectivity index is 1.19. The number of hydrogen-bond acceptors (Lipinski definition) is 5. The van der Waals surface area contributed by atoms with E-state index in [1.807, 2.05) is 17.0 Å². The summed E-state index contributed by atoms with van der Waals surface area (Å²) in [6, 6.07) is 20.6. The van der Waals surface area contributed by atoms with Gasteiger partial charge in [-0.15, -0.1) is 0 Å². The molecule has 0 aliphatic carbocycles. The van der Waals surface area contributed by atoms with E-state index in [4.69, 9.17) is 14.2 Å². The largest absolute Gasteiger partial charge is 0.449 e. The van der Waals surface area contributed by atoms with Crippen LogP contribution in [0, 0.1) is 5.82 Å². The summed E-state index contributed by atoms with van der Waals surface area (Å²) in [4.78, 5) is 29.9. The second kappa shape index (κ2) is 10.0. The number of nitrogens with zero attached hydrogens (tertiary/aromatic N) is 2. The Bertz CT molecular complexity index is 1390. The van der Waals surface area contributed by atoms with Crippen molar-refractivity contribution in [1.29, 1.82) is 0 Å². The third-order valence-corrected chi connectivity index (χ3v) is 7.14. The molecular formula is C30H27FN2O5. The fourth-order valence-corrected chi connectivity index (χ4v) is 5.13. The van der Waals surface area contributed by atoms with Crippen LogP contribution in [-0.4, -0.2) is 48.8 Å². The molecule has 3 aromatic rings. The second-order valence-electron chi connectivity index (χ2n) is 9.62. The average molecular weight is 515 g/mol. The van der Waals surface area contributed by atoms with Crippen molar-refractivity contribution in [3.63, 3.8) is 0 Å². The SMILES string of the molecule is O=C(c1ccc(/C=C2\Oc3ccccc3N(Cc3cccc(F)c3)C2=O)cc1)N1CCC2(CC1)OCCO2. The number of amides is 2. The maximum atomic E-state index is 13.8. The number of para-hydroxylation sites is 2. The van der Waals surface area contributed by atoms with Crippen LogP contribution >= 0.6 is 0 Å². The molecule has 0 N–H and O–H groups in total. The van der Waals surface area contributed by atoms with Crippen LogP contribution < -0.4 is 9.64 Å². The van der Waals surface area contributed by atoms with E-state index in [2.05, 4.69) is 0 Å². The van der Waals surface area contributed by atoms with Gasteiger partial charge in [0.05, 0.1) is 25.4 Å². The quantitative estimate of drug-likeness (QED) is 0.469. The Morgan fingerprint density at radius 3 is 2.42 bits per heavy atom. The molecule has 6 rings (SSSR count). The number of piperidine rings is 1. The van der Waals surface area contributed by atoms with Crippen molar-refractivity contribution in [3.05, 3.63) is 101 Å². The summed E-state index contributed by atoms with van der Waals surface area (Å²) in [7, 11) is 0. The highest BCUT2D eigenvalue weighted by molar-refractivity contribution is 6.09. The minimum atomic E-state index is -0.527. The predicted octanol–water partition coefficient (Wildman–Crippen LogP) is 4.77. The molecule has 2 amide bonds. The summed E-state index contributed by atoms with van der Waals surface area (Å²) in [6.07, 6.45) is 2.98. The van der Waals surface area contributed by atoms with Crippen molar-refractivity contribution < 1.29 is 28.2 Å². The molecule has 0 unspecified atom stereocenters. The van der Waals surface area contributed by atoms with Gasteiger partial charge in [-0.3, -0.25) is 14.5 Å². The Labute approximate surface area is 220 Å². The third kappa shape index (κ3) is 4.80. The van der Waals surface area contributed by atoms with Crippen LogP contribution in [0.1, 0.15) is 34.3 Å². The fraction of sp³-hybridized carbons (Fsp3) is 0.267. The number of likely N-dealkylation sites (tertiary alicyclic amines) is 1. The van der Waals surface area contributed by atoms with Gasteiger partial charge in [0.1, 0.15) is 5.82 Å².